The Balaban J connectivity index is 1.48. The fourth-order valence-corrected chi connectivity index (χ4v) is 4.07. The number of carbonyl (C=O) groups excluding carboxylic acids is 2. The van der Waals surface area contributed by atoms with Gasteiger partial charge >= 0.3 is 5.69 Å². The van der Waals surface area contributed by atoms with Gasteiger partial charge in [0, 0.05) is 37.8 Å². The van der Waals surface area contributed by atoms with Crippen LogP contribution in [-0.4, -0.2) is 46.3 Å². The summed E-state index contributed by atoms with van der Waals surface area (Å²) in [5.41, 5.74) is -0.555. The zero-order valence-electron chi connectivity index (χ0n) is 15.6. The van der Waals surface area contributed by atoms with E-state index < -0.39 is 11.2 Å². The van der Waals surface area contributed by atoms with Crippen LogP contribution < -0.4 is 16.6 Å². The number of rotatable bonds is 6. The number of hydrogen-bond donors (Lipinski definition) is 3. The number of aromatic amines is 2. The van der Waals surface area contributed by atoms with Crippen LogP contribution in [-0.2, 0) is 16.0 Å². The third-order valence-corrected chi connectivity index (χ3v) is 5.66. The molecule has 0 bridgehead atoms. The maximum absolute atomic E-state index is 12.5. The fraction of sp³-hybridized carbons (Fsp3) is 0.684. The van der Waals surface area contributed by atoms with Gasteiger partial charge in [0.2, 0.25) is 11.8 Å². The van der Waals surface area contributed by atoms with Crippen LogP contribution in [0.5, 0.6) is 0 Å². The summed E-state index contributed by atoms with van der Waals surface area (Å²) in [7, 11) is 0. The molecule has 3 rings (SSSR count). The molecule has 1 saturated heterocycles. The van der Waals surface area contributed by atoms with E-state index in [0.29, 0.717) is 43.8 Å². The first kappa shape index (κ1) is 19.4. The number of likely N-dealkylation sites (tertiary alicyclic amines) is 1. The van der Waals surface area contributed by atoms with Gasteiger partial charge in [-0.1, -0.05) is 19.3 Å². The summed E-state index contributed by atoms with van der Waals surface area (Å²) in [6.07, 6.45) is 8.82. The summed E-state index contributed by atoms with van der Waals surface area (Å²) in [6, 6.07) is 0. The minimum atomic E-state index is -0.544. The van der Waals surface area contributed by atoms with Crippen LogP contribution in [0, 0.1) is 11.8 Å². The quantitative estimate of drug-likeness (QED) is 0.672. The zero-order valence-corrected chi connectivity index (χ0v) is 15.6. The van der Waals surface area contributed by atoms with Gasteiger partial charge in [-0.05, 0) is 31.6 Å². The molecule has 0 spiro atoms. The standard InChI is InChI=1S/C19H28N4O4/c24-16-7-6-15(12-23(16)11-13-4-2-1-3-5-13)17(25)20-9-8-14-10-21-19(27)22-18(14)26/h10,13,15H,1-9,11-12H2,(H,20,25)(H2,21,22,26,27). The van der Waals surface area contributed by atoms with Gasteiger partial charge in [-0.15, -0.1) is 0 Å². The summed E-state index contributed by atoms with van der Waals surface area (Å²) in [6.45, 7) is 1.58. The van der Waals surface area contributed by atoms with E-state index in [1.54, 1.807) is 0 Å². The Hall–Kier alpha value is -2.38. The minimum Gasteiger partial charge on any atom is -0.355 e. The lowest BCUT2D eigenvalue weighted by Crippen LogP contribution is -2.47. The van der Waals surface area contributed by atoms with Crippen molar-refractivity contribution in [1.82, 2.24) is 20.2 Å². The maximum atomic E-state index is 12.5. The van der Waals surface area contributed by atoms with Gasteiger partial charge in [0.05, 0.1) is 5.92 Å². The molecule has 2 amide bonds. The first-order valence-electron chi connectivity index (χ1n) is 9.89. The highest BCUT2D eigenvalue weighted by atomic mass is 16.2. The predicted octanol–water partition coefficient (Wildman–Crippen LogP) is 0.541. The summed E-state index contributed by atoms with van der Waals surface area (Å²) in [5, 5.41) is 2.86. The molecule has 148 valence electrons. The summed E-state index contributed by atoms with van der Waals surface area (Å²) in [5.74, 6) is 0.457. The van der Waals surface area contributed by atoms with Crippen molar-refractivity contribution in [2.45, 2.75) is 51.4 Å². The predicted molar refractivity (Wildman–Crippen MR) is 100 cm³/mol. The van der Waals surface area contributed by atoms with Crippen molar-refractivity contribution in [2.75, 3.05) is 19.6 Å². The van der Waals surface area contributed by atoms with Crippen LogP contribution in [0.2, 0.25) is 0 Å². The second-order valence-electron chi connectivity index (χ2n) is 7.68. The van der Waals surface area contributed by atoms with E-state index in [0.717, 1.165) is 6.54 Å². The Morgan fingerprint density at radius 1 is 1.15 bits per heavy atom. The molecule has 2 fully saturated rings. The molecule has 0 aromatic carbocycles. The normalized spacial score (nSPS) is 21.3. The molecule has 0 radical (unpaired) electrons. The van der Waals surface area contributed by atoms with E-state index in [9.17, 15) is 19.2 Å². The van der Waals surface area contributed by atoms with Crippen LogP contribution >= 0.6 is 0 Å². The topological polar surface area (TPSA) is 115 Å². The first-order chi connectivity index (χ1) is 13.0. The van der Waals surface area contributed by atoms with Gasteiger partial charge in [0.1, 0.15) is 0 Å². The lowest BCUT2D eigenvalue weighted by molar-refractivity contribution is -0.139. The van der Waals surface area contributed by atoms with Gasteiger partial charge in [0.25, 0.3) is 5.56 Å². The van der Waals surface area contributed by atoms with E-state index >= 15 is 0 Å². The Kier molecular flexibility index (Phi) is 6.47. The maximum Gasteiger partial charge on any atom is 0.325 e. The summed E-state index contributed by atoms with van der Waals surface area (Å²) >= 11 is 0. The summed E-state index contributed by atoms with van der Waals surface area (Å²) < 4.78 is 0. The molecule has 1 aromatic rings. The number of nitrogens with zero attached hydrogens (tertiary/aromatic N) is 1. The molecule has 1 aliphatic heterocycles. The lowest BCUT2D eigenvalue weighted by Gasteiger charge is -2.35. The van der Waals surface area contributed by atoms with Crippen LogP contribution in [0.15, 0.2) is 15.8 Å². The van der Waals surface area contributed by atoms with Gasteiger partial charge in [-0.25, -0.2) is 4.79 Å². The Bertz CT molecular complexity index is 778. The molecule has 1 aliphatic carbocycles. The highest BCUT2D eigenvalue weighted by Gasteiger charge is 2.31. The van der Waals surface area contributed by atoms with E-state index in [1.807, 2.05) is 4.90 Å². The molecule has 8 heteroatoms. The van der Waals surface area contributed by atoms with E-state index in [1.165, 1.54) is 38.3 Å². The van der Waals surface area contributed by atoms with Crippen molar-refractivity contribution >= 4 is 11.8 Å². The number of nitrogens with one attached hydrogen (secondary N) is 3. The third-order valence-electron chi connectivity index (χ3n) is 5.66. The Morgan fingerprint density at radius 2 is 1.93 bits per heavy atom. The molecule has 1 aromatic heterocycles. The van der Waals surface area contributed by atoms with Gasteiger partial charge < -0.3 is 15.2 Å². The molecule has 3 N–H and O–H groups in total. The molecule has 8 nitrogen and oxygen atoms in total. The Labute approximate surface area is 157 Å². The van der Waals surface area contributed by atoms with E-state index in [4.69, 9.17) is 0 Å². The van der Waals surface area contributed by atoms with Crippen LogP contribution in [0.25, 0.3) is 0 Å². The lowest BCUT2D eigenvalue weighted by atomic mass is 9.87. The summed E-state index contributed by atoms with van der Waals surface area (Å²) in [4.78, 5) is 53.8. The molecule has 1 unspecified atom stereocenters. The highest BCUT2D eigenvalue weighted by Crippen LogP contribution is 2.27. The molecule has 1 saturated carbocycles. The molecular formula is C19H28N4O4. The van der Waals surface area contributed by atoms with Crippen LogP contribution in [0.1, 0.15) is 50.5 Å². The van der Waals surface area contributed by atoms with Crippen molar-refractivity contribution in [3.8, 4) is 0 Å². The van der Waals surface area contributed by atoms with Gasteiger partial charge in [-0.2, -0.15) is 0 Å². The smallest absolute Gasteiger partial charge is 0.325 e. The van der Waals surface area contributed by atoms with Gasteiger partial charge in [0.15, 0.2) is 0 Å². The molecule has 1 atom stereocenters. The molecule has 2 heterocycles. The number of piperidine rings is 1. The first-order valence-corrected chi connectivity index (χ1v) is 9.89. The SMILES string of the molecule is O=C(NCCc1c[nH]c(=O)[nH]c1=O)C1CCC(=O)N(CC2CCCCC2)C1. The number of hydrogen-bond acceptors (Lipinski definition) is 4. The Morgan fingerprint density at radius 3 is 2.67 bits per heavy atom. The molecule has 2 aliphatic rings. The fourth-order valence-electron chi connectivity index (χ4n) is 4.07. The van der Waals surface area contributed by atoms with Crippen molar-refractivity contribution in [2.24, 2.45) is 11.8 Å². The zero-order chi connectivity index (χ0) is 19.2. The highest BCUT2D eigenvalue weighted by molar-refractivity contribution is 5.83. The van der Waals surface area contributed by atoms with Crippen molar-refractivity contribution in [1.29, 1.82) is 0 Å². The van der Waals surface area contributed by atoms with Crippen LogP contribution in [0.4, 0.5) is 0 Å². The van der Waals surface area contributed by atoms with Crippen LogP contribution in [0.3, 0.4) is 0 Å². The average molecular weight is 376 g/mol. The molecular weight excluding hydrogens is 348 g/mol. The average Bonchev–Trinajstić information content (AvgIpc) is 2.66. The minimum absolute atomic E-state index is 0.0722. The number of H-pyrrole nitrogens is 2. The van der Waals surface area contributed by atoms with E-state index in [2.05, 4.69) is 15.3 Å². The number of amides is 2. The van der Waals surface area contributed by atoms with Gasteiger partial charge in [-0.3, -0.25) is 19.4 Å². The van der Waals surface area contributed by atoms with Crippen molar-refractivity contribution in [3.63, 3.8) is 0 Å². The third kappa shape index (κ3) is 5.30. The van der Waals surface area contributed by atoms with E-state index in [-0.39, 0.29) is 17.7 Å². The van der Waals surface area contributed by atoms with Crippen molar-refractivity contribution in [3.05, 3.63) is 32.6 Å². The second kappa shape index (κ2) is 9.01. The monoisotopic (exact) mass is 376 g/mol. The second-order valence-corrected chi connectivity index (χ2v) is 7.68. The van der Waals surface area contributed by atoms with Crippen molar-refractivity contribution < 1.29 is 9.59 Å². The number of carbonyl (C=O) groups is 2. The number of aromatic nitrogens is 2. The largest absolute Gasteiger partial charge is 0.355 e. The molecule has 27 heavy (non-hydrogen) atoms.